The van der Waals surface area contributed by atoms with E-state index in [0.29, 0.717) is 12.1 Å². The van der Waals surface area contributed by atoms with Crippen molar-refractivity contribution in [1.82, 2.24) is 10.3 Å². The molecule has 2 aliphatic rings. The van der Waals surface area contributed by atoms with Crippen LogP contribution in [0.2, 0.25) is 0 Å². The molecule has 2 heteroatoms. The van der Waals surface area contributed by atoms with Gasteiger partial charge in [-0.1, -0.05) is 12.1 Å². The van der Waals surface area contributed by atoms with Crippen LogP contribution in [0.25, 0.3) is 0 Å². The van der Waals surface area contributed by atoms with Gasteiger partial charge in [0.05, 0.1) is 6.04 Å². The summed E-state index contributed by atoms with van der Waals surface area (Å²) in [5, 5.41) is 3.77. The van der Waals surface area contributed by atoms with E-state index in [1.165, 1.54) is 36.8 Å². The fourth-order valence-corrected chi connectivity index (χ4v) is 3.90. The Labute approximate surface area is 126 Å². The van der Waals surface area contributed by atoms with E-state index < -0.39 is 0 Å². The highest BCUT2D eigenvalue weighted by atomic mass is 15.0. The predicted octanol–water partition coefficient (Wildman–Crippen LogP) is 3.58. The maximum absolute atomic E-state index is 4.16. The Morgan fingerprint density at radius 1 is 1.00 bits per heavy atom. The van der Waals surface area contributed by atoms with Crippen LogP contribution >= 0.6 is 0 Å². The van der Waals surface area contributed by atoms with Crippen LogP contribution < -0.4 is 5.32 Å². The third kappa shape index (κ3) is 2.38. The zero-order valence-corrected chi connectivity index (χ0v) is 12.6. The SMILES string of the molecule is CC1Cc2cc3c(cc2C(c2ccncc2)N1)CCCC3. The number of nitrogens with zero attached hydrogens (tertiary/aromatic N) is 1. The Morgan fingerprint density at radius 3 is 2.48 bits per heavy atom. The molecule has 0 spiro atoms. The van der Waals surface area contributed by atoms with Gasteiger partial charge in [0.15, 0.2) is 0 Å². The lowest BCUT2D eigenvalue weighted by molar-refractivity contribution is 0.462. The molecule has 1 aliphatic carbocycles. The van der Waals surface area contributed by atoms with Crippen molar-refractivity contribution in [2.75, 3.05) is 0 Å². The molecule has 2 atom stereocenters. The van der Waals surface area contributed by atoms with Crippen LogP contribution in [0, 0.1) is 0 Å². The Bertz CT molecular complexity index is 648. The molecule has 2 aromatic rings. The summed E-state index contributed by atoms with van der Waals surface area (Å²) < 4.78 is 0. The molecule has 1 N–H and O–H groups in total. The predicted molar refractivity (Wildman–Crippen MR) is 85.5 cm³/mol. The van der Waals surface area contributed by atoms with E-state index in [0.717, 1.165) is 6.42 Å². The van der Waals surface area contributed by atoms with Crippen molar-refractivity contribution in [3.05, 3.63) is 64.5 Å². The lowest BCUT2D eigenvalue weighted by atomic mass is 9.81. The van der Waals surface area contributed by atoms with Crippen molar-refractivity contribution >= 4 is 0 Å². The monoisotopic (exact) mass is 278 g/mol. The second-order valence-corrected chi connectivity index (χ2v) is 6.51. The molecule has 0 bridgehead atoms. The van der Waals surface area contributed by atoms with Crippen molar-refractivity contribution in [2.45, 2.75) is 51.1 Å². The van der Waals surface area contributed by atoms with Gasteiger partial charge in [-0.25, -0.2) is 0 Å². The molecule has 0 saturated heterocycles. The fourth-order valence-electron chi connectivity index (χ4n) is 3.90. The molecule has 1 aliphatic heterocycles. The first-order valence-electron chi connectivity index (χ1n) is 8.12. The summed E-state index contributed by atoms with van der Waals surface area (Å²) in [6.07, 6.45) is 10.2. The largest absolute Gasteiger partial charge is 0.303 e. The van der Waals surface area contributed by atoms with E-state index in [1.807, 2.05) is 12.4 Å². The molecular weight excluding hydrogens is 256 g/mol. The van der Waals surface area contributed by atoms with Crippen LogP contribution in [0.1, 0.15) is 53.6 Å². The molecule has 4 rings (SSSR count). The lowest BCUT2D eigenvalue weighted by Gasteiger charge is -2.33. The summed E-state index contributed by atoms with van der Waals surface area (Å²) >= 11 is 0. The van der Waals surface area contributed by atoms with Gasteiger partial charge in [-0.3, -0.25) is 4.98 Å². The molecule has 108 valence electrons. The highest BCUT2D eigenvalue weighted by molar-refractivity contribution is 5.46. The van der Waals surface area contributed by atoms with Gasteiger partial charge in [0, 0.05) is 18.4 Å². The number of benzene rings is 1. The van der Waals surface area contributed by atoms with Crippen LogP contribution in [-0.2, 0) is 19.3 Å². The molecule has 1 aromatic carbocycles. The van der Waals surface area contributed by atoms with Crippen LogP contribution in [0.4, 0.5) is 0 Å². The van der Waals surface area contributed by atoms with E-state index >= 15 is 0 Å². The van der Waals surface area contributed by atoms with Gasteiger partial charge in [0.1, 0.15) is 0 Å². The van der Waals surface area contributed by atoms with E-state index in [2.05, 4.69) is 41.5 Å². The second kappa shape index (κ2) is 5.27. The number of hydrogen-bond donors (Lipinski definition) is 1. The summed E-state index contributed by atoms with van der Waals surface area (Å²) in [6, 6.07) is 10.1. The van der Waals surface area contributed by atoms with Crippen molar-refractivity contribution in [3.63, 3.8) is 0 Å². The minimum atomic E-state index is 0.318. The average molecular weight is 278 g/mol. The lowest BCUT2D eigenvalue weighted by Crippen LogP contribution is -2.38. The zero-order chi connectivity index (χ0) is 14.2. The normalized spacial score (nSPS) is 24.2. The van der Waals surface area contributed by atoms with Crippen LogP contribution in [0.15, 0.2) is 36.7 Å². The number of hydrogen-bond acceptors (Lipinski definition) is 2. The van der Waals surface area contributed by atoms with Gasteiger partial charge >= 0.3 is 0 Å². The Kier molecular flexibility index (Phi) is 3.27. The molecule has 21 heavy (non-hydrogen) atoms. The first kappa shape index (κ1) is 13.0. The minimum absolute atomic E-state index is 0.318. The third-order valence-corrected chi connectivity index (χ3v) is 4.93. The van der Waals surface area contributed by atoms with Gasteiger partial charge in [-0.05, 0) is 79.0 Å². The summed E-state index contributed by atoms with van der Waals surface area (Å²) in [4.78, 5) is 4.16. The van der Waals surface area contributed by atoms with Gasteiger partial charge in [-0.2, -0.15) is 0 Å². The molecule has 2 heterocycles. The van der Waals surface area contributed by atoms with Crippen molar-refractivity contribution in [2.24, 2.45) is 0 Å². The van der Waals surface area contributed by atoms with Crippen LogP contribution in [0.3, 0.4) is 0 Å². The van der Waals surface area contributed by atoms with Crippen molar-refractivity contribution < 1.29 is 0 Å². The van der Waals surface area contributed by atoms with E-state index in [4.69, 9.17) is 0 Å². The highest BCUT2D eigenvalue weighted by Crippen LogP contribution is 2.34. The fraction of sp³-hybridized carbons (Fsp3) is 0.421. The number of pyridine rings is 1. The third-order valence-electron chi connectivity index (χ3n) is 4.93. The molecule has 0 amide bonds. The molecule has 2 nitrogen and oxygen atoms in total. The van der Waals surface area contributed by atoms with E-state index in [9.17, 15) is 0 Å². The second-order valence-electron chi connectivity index (χ2n) is 6.51. The topological polar surface area (TPSA) is 24.9 Å². The number of rotatable bonds is 1. The van der Waals surface area contributed by atoms with Crippen LogP contribution in [-0.4, -0.2) is 11.0 Å². The van der Waals surface area contributed by atoms with E-state index in [-0.39, 0.29) is 0 Å². The van der Waals surface area contributed by atoms with E-state index in [1.54, 1.807) is 16.7 Å². The number of aryl methyl sites for hydroxylation is 2. The average Bonchev–Trinajstić information content (AvgIpc) is 2.53. The Hall–Kier alpha value is -1.67. The maximum atomic E-state index is 4.16. The quantitative estimate of drug-likeness (QED) is 0.862. The standard InChI is InChI=1S/C19H22N2/c1-13-10-17-11-15-4-2-3-5-16(15)12-18(17)19(21-13)14-6-8-20-9-7-14/h6-9,11-13,19,21H,2-5,10H2,1H3. The number of fused-ring (bicyclic) bond motifs is 2. The summed E-state index contributed by atoms with van der Waals surface area (Å²) in [5.74, 6) is 0. The first-order valence-corrected chi connectivity index (χ1v) is 8.12. The zero-order valence-electron chi connectivity index (χ0n) is 12.6. The molecule has 0 fully saturated rings. The molecule has 2 unspecified atom stereocenters. The molecule has 0 radical (unpaired) electrons. The molecular formula is C19H22N2. The number of aromatic nitrogens is 1. The number of nitrogens with one attached hydrogen (secondary N) is 1. The van der Waals surface area contributed by atoms with Gasteiger partial charge in [0.25, 0.3) is 0 Å². The maximum Gasteiger partial charge on any atom is 0.0582 e. The smallest absolute Gasteiger partial charge is 0.0582 e. The van der Waals surface area contributed by atoms with Crippen molar-refractivity contribution in [3.8, 4) is 0 Å². The van der Waals surface area contributed by atoms with Gasteiger partial charge in [-0.15, -0.1) is 0 Å². The van der Waals surface area contributed by atoms with Gasteiger partial charge < -0.3 is 5.32 Å². The Balaban J connectivity index is 1.82. The Morgan fingerprint density at radius 2 is 1.71 bits per heavy atom. The minimum Gasteiger partial charge on any atom is -0.303 e. The summed E-state index contributed by atoms with van der Waals surface area (Å²) in [5.41, 5.74) is 7.54. The highest BCUT2D eigenvalue weighted by Gasteiger charge is 2.26. The molecule has 1 aromatic heterocycles. The molecule has 0 saturated carbocycles. The van der Waals surface area contributed by atoms with Crippen molar-refractivity contribution in [1.29, 1.82) is 0 Å². The van der Waals surface area contributed by atoms with Crippen LogP contribution in [0.5, 0.6) is 0 Å². The summed E-state index contributed by atoms with van der Waals surface area (Å²) in [7, 11) is 0. The first-order chi connectivity index (χ1) is 10.3. The van der Waals surface area contributed by atoms with Gasteiger partial charge in [0.2, 0.25) is 0 Å². The summed E-state index contributed by atoms with van der Waals surface area (Å²) in [6.45, 7) is 2.29.